The standard InChI is InChI=1S/C26H21FN2O3/c27-23-10-4-3-7-19(23)18-6-1-2-8-22(18)26(31)29-14-12-17(29)16-28-25(30)21-9-5-11-24-20(21)13-15-32-24/h1-11,13,15,17H,12,14,16H2,(H,28,30). The van der Waals surface area contributed by atoms with E-state index in [4.69, 9.17) is 4.42 Å². The lowest BCUT2D eigenvalue weighted by Gasteiger charge is -2.41. The molecule has 0 bridgehead atoms. The minimum absolute atomic E-state index is 0.108. The van der Waals surface area contributed by atoms with Crippen LogP contribution in [-0.2, 0) is 0 Å². The fraction of sp³-hybridized carbons (Fsp3) is 0.154. The molecule has 2 heterocycles. The normalized spacial score (nSPS) is 15.4. The van der Waals surface area contributed by atoms with Crippen LogP contribution in [0.2, 0.25) is 0 Å². The minimum Gasteiger partial charge on any atom is -0.464 e. The summed E-state index contributed by atoms with van der Waals surface area (Å²) in [6.07, 6.45) is 2.35. The molecule has 6 heteroatoms. The van der Waals surface area contributed by atoms with Crippen molar-refractivity contribution in [2.45, 2.75) is 12.5 Å². The van der Waals surface area contributed by atoms with Gasteiger partial charge in [0.25, 0.3) is 11.8 Å². The molecular weight excluding hydrogens is 407 g/mol. The van der Waals surface area contributed by atoms with Gasteiger partial charge in [-0.25, -0.2) is 4.39 Å². The second kappa shape index (κ2) is 8.30. The average molecular weight is 428 g/mol. The van der Waals surface area contributed by atoms with Gasteiger partial charge in [-0.2, -0.15) is 0 Å². The van der Waals surface area contributed by atoms with E-state index in [1.807, 2.05) is 6.07 Å². The zero-order valence-corrected chi connectivity index (χ0v) is 17.3. The van der Waals surface area contributed by atoms with Gasteiger partial charge in [0.05, 0.1) is 17.9 Å². The van der Waals surface area contributed by atoms with Crippen LogP contribution < -0.4 is 5.32 Å². The minimum atomic E-state index is -0.367. The fourth-order valence-electron chi connectivity index (χ4n) is 4.16. The SMILES string of the molecule is O=C(NCC1CCN1C(=O)c1ccccc1-c1ccccc1F)c1cccc2occc12. The number of nitrogens with one attached hydrogen (secondary N) is 1. The molecule has 1 unspecified atom stereocenters. The highest BCUT2D eigenvalue weighted by Crippen LogP contribution is 2.29. The predicted octanol–water partition coefficient (Wildman–Crippen LogP) is 4.88. The first kappa shape index (κ1) is 20.0. The van der Waals surface area contributed by atoms with Crippen LogP contribution in [0.15, 0.2) is 83.5 Å². The Hall–Kier alpha value is -3.93. The van der Waals surface area contributed by atoms with E-state index in [2.05, 4.69) is 5.32 Å². The van der Waals surface area contributed by atoms with Crippen LogP contribution in [0.5, 0.6) is 0 Å². The van der Waals surface area contributed by atoms with Gasteiger partial charge in [-0.05, 0) is 42.3 Å². The number of carbonyl (C=O) groups is 2. The van der Waals surface area contributed by atoms with Crippen LogP contribution in [0.1, 0.15) is 27.1 Å². The number of carbonyl (C=O) groups excluding carboxylic acids is 2. The highest BCUT2D eigenvalue weighted by atomic mass is 19.1. The van der Waals surface area contributed by atoms with Gasteiger partial charge in [-0.3, -0.25) is 9.59 Å². The summed E-state index contributed by atoms with van der Waals surface area (Å²) < 4.78 is 19.7. The molecule has 3 aromatic carbocycles. The number of hydrogen-bond donors (Lipinski definition) is 1. The number of amides is 2. The molecule has 160 valence electrons. The smallest absolute Gasteiger partial charge is 0.254 e. The highest BCUT2D eigenvalue weighted by molar-refractivity contribution is 6.06. The number of halogens is 1. The van der Waals surface area contributed by atoms with E-state index in [0.29, 0.717) is 40.9 Å². The lowest BCUT2D eigenvalue weighted by atomic mass is 9.95. The summed E-state index contributed by atoms with van der Waals surface area (Å²) in [6, 6.07) is 20.5. The number of fused-ring (bicyclic) bond motifs is 1. The number of hydrogen-bond acceptors (Lipinski definition) is 3. The molecule has 1 aliphatic rings. The van der Waals surface area contributed by atoms with Gasteiger partial charge in [0, 0.05) is 29.6 Å². The molecular formula is C26H21FN2O3. The first-order chi connectivity index (χ1) is 15.6. The van der Waals surface area contributed by atoms with Gasteiger partial charge in [-0.1, -0.05) is 42.5 Å². The second-order valence-corrected chi connectivity index (χ2v) is 7.81. The molecule has 0 saturated carbocycles. The average Bonchev–Trinajstić information content (AvgIpc) is 3.28. The molecule has 0 spiro atoms. The summed E-state index contributed by atoms with van der Waals surface area (Å²) in [4.78, 5) is 27.7. The molecule has 32 heavy (non-hydrogen) atoms. The molecule has 1 fully saturated rings. The zero-order chi connectivity index (χ0) is 22.1. The molecule has 5 rings (SSSR count). The Kier molecular flexibility index (Phi) is 5.19. The first-order valence-electron chi connectivity index (χ1n) is 10.5. The quantitative estimate of drug-likeness (QED) is 0.493. The Labute approximate surface area is 184 Å². The number of nitrogens with zero attached hydrogens (tertiary/aromatic N) is 1. The van der Waals surface area contributed by atoms with Crippen LogP contribution in [-0.4, -0.2) is 35.8 Å². The van der Waals surface area contributed by atoms with Crippen molar-refractivity contribution in [1.82, 2.24) is 10.2 Å². The molecule has 1 aliphatic heterocycles. The van der Waals surface area contributed by atoms with Crippen molar-refractivity contribution in [3.63, 3.8) is 0 Å². The molecule has 2 amide bonds. The number of furan rings is 1. The van der Waals surface area contributed by atoms with Crippen LogP contribution >= 0.6 is 0 Å². The Balaban J connectivity index is 1.31. The molecule has 1 N–H and O–H groups in total. The predicted molar refractivity (Wildman–Crippen MR) is 120 cm³/mol. The third-order valence-corrected chi connectivity index (χ3v) is 5.97. The van der Waals surface area contributed by atoms with E-state index < -0.39 is 0 Å². The number of rotatable bonds is 5. The molecule has 0 radical (unpaired) electrons. The Morgan fingerprint density at radius 1 is 0.938 bits per heavy atom. The molecule has 4 aromatic rings. The lowest BCUT2D eigenvalue weighted by Crippen LogP contribution is -2.56. The van der Waals surface area contributed by atoms with Crippen molar-refractivity contribution >= 4 is 22.8 Å². The monoisotopic (exact) mass is 428 g/mol. The topological polar surface area (TPSA) is 62.6 Å². The van der Waals surface area contributed by atoms with Crippen LogP contribution in [0.3, 0.4) is 0 Å². The largest absolute Gasteiger partial charge is 0.464 e. The van der Waals surface area contributed by atoms with Crippen LogP contribution in [0, 0.1) is 5.82 Å². The molecule has 1 atom stereocenters. The van der Waals surface area contributed by atoms with E-state index in [9.17, 15) is 14.0 Å². The Bertz CT molecular complexity index is 1310. The summed E-state index contributed by atoms with van der Waals surface area (Å²) in [5.74, 6) is -0.733. The number of benzene rings is 3. The van der Waals surface area contributed by atoms with E-state index in [0.717, 1.165) is 11.8 Å². The summed E-state index contributed by atoms with van der Waals surface area (Å²) in [5.41, 5.74) is 2.62. The first-order valence-corrected chi connectivity index (χ1v) is 10.5. The second-order valence-electron chi connectivity index (χ2n) is 7.81. The maximum Gasteiger partial charge on any atom is 0.254 e. The van der Waals surface area contributed by atoms with Gasteiger partial charge < -0.3 is 14.6 Å². The lowest BCUT2D eigenvalue weighted by molar-refractivity contribution is 0.0456. The Morgan fingerprint density at radius 2 is 1.69 bits per heavy atom. The van der Waals surface area contributed by atoms with Gasteiger partial charge in [0.2, 0.25) is 0 Å². The van der Waals surface area contributed by atoms with Crippen molar-refractivity contribution in [2.75, 3.05) is 13.1 Å². The third kappa shape index (κ3) is 3.54. The van der Waals surface area contributed by atoms with Gasteiger partial charge in [-0.15, -0.1) is 0 Å². The van der Waals surface area contributed by atoms with E-state index in [1.54, 1.807) is 71.8 Å². The van der Waals surface area contributed by atoms with Gasteiger partial charge >= 0.3 is 0 Å². The Morgan fingerprint density at radius 3 is 2.47 bits per heavy atom. The van der Waals surface area contributed by atoms with Crippen molar-refractivity contribution in [3.05, 3.63) is 96.0 Å². The van der Waals surface area contributed by atoms with Crippen molar-refractivity contribution in [3.8, 4) is 11.1 Å². The van der Waals surface area contributed by atoms with Crippen molar-refractivity contribution in [2.24, 2.45) is 0 Å². The maximum atomic E-state index is 14.4. The van der Waals surface area contributed by atoms with Crippen LogP contribution in [0.25, 0.3) is 22.1 Å². The van der Waals surface area contributed by atoms with E-state index in [-0.39, 0.29) is 23.7 Å². The molecule has 1 saturated heterocycles. The molecule has 5 nitrogen and oxygen atoms in total. The van der Waals surface area contributed by atoms with Crippen molar-refractivity contribution < 1.29 is 18.4 Å². The third-order valence-electron chi connectivity index (χ3n) is 5.97. The van der Waals surface area contributed by atoms with Gasteiger partial charge in [0.1, 0.15) is 11.4 Å². The summed E-state index contributed by atoms with van der Waals surface area (Å²) in [6.45, 7) is 0.947. The molecule has 0 aliphatic carbocycles. The maximum absolute atomic E-state index is 14.4. The van der Waals surface area contributed by atoms with Crippen LogP contribution in [0.4, 0.5) is 4.39 Å². The van der Waals surface area contributed by atoms with Crippen molar-refractivity contribution in [1.29, 1.82) is 0 Å². The van der Waals surface area contributed by atoms with Gasteiger partial charge in [0.15, 0.2) is 0 Å². The highest BCUT2D eigenvalue weighted by Gasteiger charge is 2.34. The molecule has 1 aromatic heterocycles. The van der Waals surface area contributed by atoms with E-state index in [1.165, 1.54) is 6.07 Å². The van der Waals surface area contributed by atoms with E-state index >= 15 is 0 Å². The number of likely N-dealkylation sites (tertiary alicyclic amines) is 1. The fourth-order valence-corrected chi connectivity index (χ4v) is 4.16. The summed E-state index contributed by atoms with van der Waals surface area (Å²) in [5, 5.41) is 3.70. The zero-order valence-electron chi connectivity index (χ0n) is 17.3. The summed E-state index contributed by atoms with van der Waals surface area (Å²) in [7, 11) is 0. The summed E-state index contributed by atoms with van der Waals surface area (Å²) >= 11 is 0.